The molecule has 9 N–H and O–H groups in total. The maximum atomic E-state index is 12.0. The Bertz CT molecular complexity index is 978. The molecule has 16 heteroatoms. The van der Waals surface area contributed by atoms with Crippen molar-refractivity contribution in [2.45, 2.75) is 61.3 Å². The van der Waals surface area contributed by atoms with Crippen LogP contribution in [0.2, 0.25) is 0 Å². The number of H-pyrrole nitrogens is 1. The molecule has 1 aromatic rings. The summed E-state index contributed by atoms with van der Waals surface area (Å²) in [5.74, 6) is -3.02. The van der Waals surface area contributed by atoms with E-state index < -0.39 is 84.5 Å². The highest BCUT2D eigenvalue weighted by Gasteiger charge is 2.53. The van der Waals surface area contributed by atoms with E-state index in [1.807, 2.05) is 4.98 Å². The third kappa shape index (κ3) is 4.30. The standard InChI is InChI=1S/C16H21N3O13/c17-12(26)11(32-15-8(25)4(21)5(22)10(31-15)14(27)28)9-6(23)7(24)13(30-9)19-2-1-3(20)18-16(19)29/h1-2,4-11,13,15,21-25H,(H2,17,26)(H,27,28)(H,18,20,29)/t4-,5+,6-,7+,8-,9-,10-,11-,13+,15+/m0/s1. The van der Waals surface area contributed by atoms with Gasteiger partial charge in [0, 0.05) is 12.3 Å². The van der Waals surface area contributed by atoms with Crippen molar-refractivity contribution < 1.29 is 54.4 Å². The van der Waals surface area contributed by atoms with Crippen LogP contribution >= 0.6 is 0 Å². The second-order valence-corrected chi connectivity index (χ2v) is 7.18. The van der Waals surface area contributed by atoms with Crippen LogP contribution in [0.1, 0.15) is 6.23 Å². The lowest BCUT2D eigenvalue weighted by atomic mass is 9.98. The number of primary amides is 1. The molecule has 2 saturated heterocycles. The monoisotopic (exact) mass is 463 g/mol. The Morgan fingerprint density at radius 1 is 1.03 bits per heavy atom. The van der Waals surface area contributed by atoms with Gasteiger partial charge in [-0.05, 0) is 0 Å². The lowest BCUT2D eigenvalue weighted by Crippen LogP contribution is -2.62. The summed E-state index contributed by atoms with van der Waals surface area (Å²) in [4.78, 5) is 48.3. The third-order valence-corrected chi connectivity index (χ3v) is 5.07. The summed E-state index contributed by atoms with van der Waals surface area (Å²) in [6.45, 7) is 0. The molecule has 0 aliphatic carbocycles. The van der Waals surface area contributed by atoms with Crippen LogP contribution in [-0.4, -0.2) is 107 Å². The molecule has 0 unspecified atom stereocenters. The molecule has 0 saturated carbocycles. The molecule has 178 valence electrons. The maximum absolute atomic E-state index is 12.0. The van der Waals surface area contributed by atoms with Crippen LogP contribution < -0.4 is 17.0 Å². The average Bonchev–Trinajstić information content (AvgIpc) is 3.00. The van der Waals surface area contributed by atoms with E-state index in [0.29, 0.717) is 0 Å². The summed E-state index contributed by atoms with van der Waals surface area (Å²) in [6.07, 6.45) is -18.2. The van der Waals surface area contributed by atoms with E-state index in [-0.39, 0.29) is 0 Å². The SMILES string of the molecule is NC(=O)[C@@H](O[C@H]1O[C@H](C(=O)O)[C@H](O)[C@H](O)[C@@H]1O)[C@H]1O[C@@H](n2ccc(=O)[nH]c2=O)[C@H](O)[C@@H]1O. The number of carbonyl (C=O) groups excluding carboxylic acids is 1. The Labute approximate surface area is 177 Å². The number of aromatic amines is 1. The van der Waals surface area contributed by atoms with E-state index in [2.05, 4.69) is 0 Å². The minimum Gasteiger partial charge on any atom is -0.479 e. The molecular formula is C16H21N3O13. The fourth-order valence-corrected chi connectivity index (χ4v) is 3.41. The fourth-order valence-electron chi connectivity index (χ4n) is 3.41. The van der Waals surface area contributed by atoms with Gasteiger partial charge in [-0.15, -0.1) is 0 Å². The number of hydrogen-bond donors (Lipinski definition) is 8. The Hall–Kier alpha value is -2.70. The molecule has 1 amide bonds. The van der Waals surface area contributed by atoms with Crippen LogP contribution in [0.4, 0.5) is 0 Å². The smallest absolute Gasteiger partial charge is 0.335 e. The number of amides is 1. The van der Waals surface area contributed by atoms with Crippen LogP contribution in [-0.2, 0) is 23.8 Å². The zero-order valence-electron chi connectivity index (χ0n) is 16.0. The van der Waals surface area contributed by atoms with E-state index in [0.717, 1.165) is 16.8 Å². The number of hydrogen-bond acceptors (Lipinski definition) is 12. The van der Waals surface area contributed by atoms with Crippen LogP contribution in [0.25, 0.3) is 0 Å². The van der Waals surface area contributed by atoms with E-state index >= 15 is 0 Å². The maximum Gasteiger partial charge on any atom is 0.335 e. The molecule has 2 aliphatic heterocycles. The molecule has 3 heterocycles. The van der Waals surface area contributed by atoms with Gasteiger partial charge in [0.1, 0.15) is 36.6 Å². The molecule has 0 radical (unpaired) electrons. The van der Waals surface area contributed by atoms with Crippen molar-refractivity contribution in [3.63, 3.8) is 0 Å². The molecule has 32 heavy (non-hydrogen) atoms. The molecule has 2 aliphatic rings. The molecule has 3 rings (SSSR count). The zero-order valence-corrected chi connectivity index (χ0v) is 16.0. The van der Waals surface area contributed by atoms with Gasteiger partial charge >= 0.3 is 11.7 Å². The summed E-state index contributed by atoms with van der Waals surface area (Å²) in [6, 6.07) is 0.935. The predicted octanol–water partition coefficient (Wildman–Crippen LogP) is -6.08. The number of rotatable bonds is 6. The minimum atomic E-state index is -2.05. The molecule has 0 bridgehead atoms. The van der Waals surface area contributed by atoms with E-state index in [1.165, 1.54) is 0 Å². The number of nitrogens with two attached hydrogens (primary N) is 1. The number of carbonyl (C=O) groups is 2. The first-order chi connectivity index (χ1) is 14.9. The van der Waals surface area contributed by atoms with Crippen LogP contribution in [0, 0.1) is 0 Å². The number of carboxylic acid groups (broad SMARTS) is 1. The van der Waals surface area contributed by atoms with Crippen molar-refractivity contribution >= 4 is 11.9 Å². The Kier molecular flexibility index (Phi) is 6.77. The molecule has 2 fully saturated rings. The van der Waals surface area contributed by atoms with Crippen molar-refractivity contribution in [1.29, 1.82) is 0 Å². The summed E-state index contributed by atoms with van der Waals surface area (Å²) < 4.78 is 16.2. The molecular weight excluding hydrogens is 442 g/mol. The highest BCUT2D eigenvalue weighted by Crippen LogP contribution is 2.33. The van der Waals surface area contributed by atoms with E-state index in [9.17, 15) is 44.7 Å². The van der Waals surface area contributed by atoms with Crippen molar-refractivity contribution in [3.8, 4) is 0 Å². The number of aromatic nitrogens is 2. The molecule has 0 spiro atoms. The Balaban J connectivity index is 1.85. The second kappa shape index (κ2) is 9.04. The lowest BCUT2D eigenvalue weighted by molar-refractivity contribution is -0.309. The van der Waals surface area contributed by atoms with Gasteiger partial charge in [-0.3, -0.25) is 19.1 Å². The number of ether oxygens (including phenoxy) is 3. The zero-order chi connectivity index (χ0) is 23.9. The first kappa shape index (κ1) is 24.0. The van der Waals surface area contributed by atoms with Crippen molar-refractivity contribution in [3.05, 3.63) is 33.1 Å². The molecule has 0 aromatic carbocycles. The van der Waals surface area contributed by atoms with Gasteiger partial charge in [-0.1, -0.05) is 0 Å². The summed E-state index contributed by atoms with van der Waals surface area (Å²) >= 11 is 0. The van der Waals surface area contributed by atoms with Gasteiger partial charge in [0.25, 0.3) is 5.56 Å². The number of nitrogens with zero attached hydrogens (tertiary/aromatic N) is 1. The summed E-state index contributed by atoms with van der Waals surface area (Å²) in [7, 11) is 0. The van der Waals surface area contributed by atoms with Gasteiger partial charge in [-0.2, -0.15) is 0 Å². The highest BCUT2D eigenvalue weighted by molar-refractivity contribution is 5.79. The van der Waals surface area contributed by atoms with Gasteiger partial charge < -0.3 is 50.6 Å². The van der Waals surface area contributed by atoms with Gasteiger partial charge in [0.05, 0.1) is 0 Å². The first-order valence-corrected chi connectivity index (χ1v) is 9.14. The van der Waals surface area contributed by atoms with Crippen LogP contribution in [0.15, 0.2) is 21.9 Å². The van der Waals surface area contributed by atoms with Crippen molar-refractivity contribution in [2.24, 2.45) is 5.73 Å². The van der Waals surface area contributed by atoms with E-state index in [1.54, 1.807) is 0 Å². The summed E-state index contributed by atoms with van der Waals surface area (Å²) in [5, 5.41) is 59.4. The van der Waals surface area contributed by atoms with E-state index in [4.69, 9.17) is 25.1 Å². The molecule has 16 nitrogen and oxygen atoms in total. The molecule has 10 atom stereocenters. The van der Waals surface area contributed by atoms with Gasteiger partial charge in [-0.25, -0.2) is 9.59 Å². The first-order valence-electron chi connectivity index (χ1n) is 9.14. The topological polar surface area (TPSA) is 264 Å². The number of carboxylic acids is 1. The highest BCUT2D eigenvalue weighted by atomic mass is 16.7. The predicted molar refractivity (Wildman–Crippen MR) is 95.6 cm³/mol. The minimum absolute atomic E-state index is 0.722. The largest absolute Gasteiger partial charge is 0.479 e. The number of aliphatic carboxylic acids is 1. The summed E-state index contributed by atoms with van der Waals surface area (Å²) in [5.41, 5.74) is 3.51. The normalized spacial score (nSPS) is 38.3. The van der Waals surface area contributed by atoms with Gasteiger partial charge in [0.15, 0.2) is 24.7 Å². The van der Waals surface area contributed by atoms with Crippen LogP contribution in [0.5, 0.6) is 0 Å². The fraction of sp³-hybridized carbons (Fsp3) is 0.625. The van der Waals surface area contributed by atoms with Crippen LogP contribution in [0.3, 0.4) is 0 Å². The molecule has 1 aromatic heterocycles. The van der Waals surface area contributed by atoms with Crippen molar-refractivity contribution in [1.82, 2.24) is 9.55 Å². The number of aliphatic hydroxyl groups excluding tert-OH is 5. The number of nitrogens with one attached hydrogen (secondary N) is 1. The Morgan fingerprint density at radius 3 is 2.25 bits per heavy atom. The quantitative estimate of drug-likeness (QED) is 0.195. The van der Waals surface area contributed by atoms with Gasteiger partial charge in [0.2, 0.25) is 5.91 Å². The third-order valence-electron chi connectivity index (χ3n) is 5.07. The van der Waals surface area contributed by atoms with Crippen molar-refractivity contribution in [2.75, 3.05) is 0 Å². The lowest BCUT2D eigenvalue weighted by Gasteiger charge is -2.40. The second-order valence-electron chi connectivity index (χ2n) is 7.18. The number of aliphatic hydroxyl groups is 5. The Morgan fingerprint density at radius 2 is 1.69 bits per heavy atom. The average molecular weight is 463 g/mol.